The molecule has 3 rings (SSSR count). The van der Waals surface area contributed by atoms with Gasteiger partial charge in [0.2, 0.25) is 0 Å². The Labute approximate surface area is 579 Å². The first-order chi connectivity index (χ1) is 46.8. The lowest BCUT2D eigenvalue weighted by molar-refractivity contribution is -0.360. The van der Waals surface area contributed by atoms with Gasteiger partial charge in [-0.3, -0.25) is 23.4 Å². The third kappa shape index (κ3) is 37.4. The molecule has 0 spiro atoms. The Balaban J connectivity index is 1.74. The number of rotatable bonds is 58. The standard InChI is InChI=1S/C72H131O24P/c1-4-7-10-13-16-19-22-25-27-30-33-36-39-42-45-48-58(76)91-53(50-88-56(74)46-43-40-37-34-31-28-24-21-18-15-12-9-6-3)51-90-97(86,87)96-70-68(94-71-66(84)61(79)59(77)54(49-73)92-71)64(82)63(81)65(83)69(70)95-72-67(85)62(80)60(78)55(93-72)52-89-57(75)47-44-41-38-35-32-29-26-23-20-17-14-11-8-5-2/h19,22,28,31,53-55,59-73,77-85H,4-18,20-21,23-27,29-30,32-52H2,1-3H3,(H,86,87)/b22-19-,31-28-. The summed E-state index contributed by atoms with van der Waals surface area (Å²) in [5, 5.41) is 110. The fourth-order valence-electron chi connectivity index (χ4n) is 12.3. The van der Waals surface area contributed by atoms with Crippen LogP contribution in [0.2, 0.25) is 0 Å². The van der Waals surface area contributed by atoms with Crippen LogP contribution in [-0.2, 0) is 61.2 Å². The highest BCUT2D eigenvalue weighted by molar-refractivity contribution is 7.47. The number of hydrogen-bond acceptors (Lipinski definition) is 23. The second-order valence-corrected chi connectivity index (χ2v) is 28.4. The van der Waals surface area contributed by atoms with E-state index in [4.69, 9.17) is 42.2 Å². The monoisotopic (exact) mass is 1410 g/mol. The largest absolute Gasteiger partial charge is 0.472 e. The second kappa shape index (κ2) is 54.1. The Morgan fingerprint density at radius 2 is 0.722 bits per heavy atom. The summed E-state index contributed by atoms with van der Waals surface area (Å²) < 4.78 is 65.0. The number of carbonyl (C=O) groups is 3. The summed E-state index contributed by atoms with van der Waals surface area (Å²) in [4.78, 5) is 51.0. The maximum absolute atomic E-state index is 14.3. The van der Waals surface area contributed by atoms with Gasteiger partial charge in [0.15, 0.2) is 18.7 Å². The zero-order chi connectivity index (χ0) is 71.1. The molecule has 1 saturated carbocycles. The molecule has 24 nitrogen and oxygen atoms in total. The van der Waals surface area contributed by atoms with E-state index in [9.17, 15) is 74.9 Å². The molecule has 25 heteroatoms. The molecule has 0 amide bonds. The number of aliphatic hydroxyl groups is 10. The predicted octanol–water partition coefficient (Wildman–Crippen LogP) is 10.1. The normalized spacial score (nSPS) is 27.9. The summed E-state index contributed by atoms with van der Waals surface area (Å²) in [6.45, 7) is 3.41. The smallest absolute Gasteiger partial charge is 0.463 e. The van der Waals surface area contributed by atoms with Crippen LogP contribution in [0.5, 0.6) is 0 Å². The third-order valence-corrected chi connectivity index (χ3v) is 19.4. The van der Waals surface area contributed by atoms with Gasteiger partial charge in [0.25, 0.3) is 0 Å². The molecule has 2 aliphatic heterocycles. The number of phosphoric acid groups is 1. The molecular weight excluding hydrogens is 1280 g/mol. The van der Waals surface area contributed by atoms with E-state index in [0.717, 1.165) is 116 Å². The molecule has 568 valence electrons. The molecule has 3 aliphatic rings. The number of phosphoric ester groups is 1. The van der Waals surface area contributed by atoms with Crippen LogP contribution in [0.15, 0.2) is 24.3 Å². The molecule has 2 heterocycles. The van der Waals surface area contributed by atoms with Crippen molar-refractivity contribution in [3.05, 3.63) is 24.3 Å². The summed E-state index contributed by atoms with van der Waals surface area (Å²) >= 11 is 0. The van der Waals surface area contributed by atoms with Crippen LogP contribution in [0.3, 0.4) is 0 Å². The lowest BCUT2D eigenvalue weighted by atomic mass is 9.84. The number of allylic oxidation sites excluding steroid dienone is 4. The fraction of sp³-hybridized carbons (Fsp3) is 0.903. The zero-order valence-corrected chi connectivity index (χ0v) is 60.0. The van der Waals surface area contributed by atoms with Gasteiger partial charge < -0.3 is 89.1 Å². The van der Waals surface area contributed by atoms with E-state index in [0.29, 0.717) is 19.3 Å². The van der Waals surface area contributed by atoms with Crippen molar-refractivity contribution in [1.29, 1.82) is 0 Å². The number of esters is 3. The summed E-state index contributed by atoms with van der Waals surface area (Å²) in [6, 6.07) is 0. The maximum atomic E-state index is 14.3. The average molecular weight is 1410 g/mol. The summed E-state index contributed by atoms with van der Waals surface area (Å²) in [6.07, 6.45) is 13.9. The van der Waals surface area contributed by atoms with Gasteiger partial charge in [-0.2, -0.15) is 0 Å². The molecule has 3 fully saturated rings. The minimum atomic E-state index is -5.70. The van der Waals surface area contributed by atoms with Crippen molar-refractivity contribution in [3.63, 3.8) is 0 Å². The van der Waals surface area contributed by atoms with Gasteiger partial charge in [0, 0.05) is 19.3 Å². The van der Waals surface area contributed by atoms with E-state index < -0.39 is 156 Å². The van der Waals surface area contributed by atoms with Gasteiger partial charge >= 0.3 is 25.7 Å². The molecule has 0 aromatic carbocycles. The summed E-state index contributed by atoms with van der Waals surface area (Å²) in [5.41, 5.74) is 0. The van der Waals surface area contributed by atoms with E-state index in [1.54, 1.807) is 0 Å². The fourth-order valence-corrected chi connectivity index (χ4v) is 13.2. The summed E-state index contributed by atoms with van der Waals surface area (Å²) in [5.74, 6) is -2.01. The van der Waals surface area contributed by atoms with E-state index in [-0.39, 0.29) is 19.3 Å². The zero-order valence-electron chi connectivity index (χ0n) is 59.1. The van der Waals surface area contributed by atoms with Crippen molar-refractivity contribution in [2.75, 3.05) is 26.4 Å². The van der Waals surface area contributed by atoms with E-state index in [1.165, 1.54) is 109 Å². The quantitative estimate of drug-likeness (QED) is 0.00886. The van der Waals surface area contributed by atoms with Crippen LogP contribution >= 0.6 is 7.82 Å². The van der Waals surface area contributed by atoms with Gasteiger partial charge in [0.1, 0.15) is 98.7 Å². The number of hydrogen-bond donors (Lipinski definition) is 11. The Morgan fingerprint density at radius 3 is 1.13 bits per heavy atom. The first kappa shape index (κ1) is 88.7. The highest BCUT2D eigenvalue weighted by Gasteiger charge is 2.58. The Kier molecular flexibility index (Phi) is 49.5. The topological polar surface area (TPSA) is 374 Å². The number of unbranched alkanes of at least 4 members (excludes halogenated alkanes) is 33. The SMILES string of the molecule is CCCCCC/C=C\CCCCCCCCCC(=O)OC(COC(=O)CCCCC/C=C\CCCCCCCC)COP(=O)(O)OC1C(OC2OC(CO)C(O)C(O)C2O)C(O)C(O)C(O)C1OC1OC(COC(=O)CCCCCCCCCCCCCCCC)C(O)C(O)C1O. The van der Waals surface area contributed by atoms with Gasteiger partial charge in [-0.1, -0.05) is 218 Å². The Morgan fingerprint density at radius 1 is 0.392 bits per heavy atom. The highest BCUT2D eigenvalue weighted by Crippen LogP contribution is 2.49. The molecule has 18 unspecified atom stereocenters. The second-order valence-electron chi connectivity index (χ2n) is 27.0. The van der Waals surface area contributed by atoms with Crippen LogP contribution in [-0.4, -0.2) is 204 Å². The molecule has 11 N–H and O–H groups in total. The van der Waals surface area contributed by atoms with Gasteiger partial charge in [0.05, 0.1) is 13.2 Å². The maximum Gasteiger partial charge on any atom is 0.472 e. The van der Waals surface area contributed by atoms with Gasteiger partial charge in [-0.05, 0) is 70.6 Å². The van der Waals surface area contributed by atoms with Crippen molar-refractivity contribution >= 4 is 25.7 Å². The van der Waals surface area contributed by atoms with Crippen molar-refractivity contribution in [1.82, 2.24) is 0 Å². The third-order valence-electron chi connectivity index (χ3n) is 18.5. The van der Waals surface area contributed by atoms with Crippen LogP contribution in [0.4, 0.5) is 0 Å². The molecule has 2 saturated heterocycles. The van der Waals surface area contributed by atoms with Crippen molar-refractivity contribution < 1.29 is 117 Å². The van der Waals surface area contributed by atoms with E-state index in [1.807, 2.05) is 0 Å². The van der Waals surface area contributed by atoms with Gasteiger partial charge in [-0.25, -0.2) is 4.57 Å². The molecule has 97 heavy (non-hydrogen) atoms. The molecule has 0 bridgehead atoms. The number of carbonyl (C=O) groups excluding carboxylic acids is 3. The molecule has 1 aliphatic carbocycles. The Hall–Kier alpha value is -2.56. The van der Waals surface area contributed by atoms with E-state index in [2.05, 4.69) is 45.1 Å². The van der Waals surface area contributed by atoms with Crippen LogP contribution < -0.4 is 0 Å². The average Bonchev–Trinajstić information content (AvgIpc) is 0.764. The van der Waals surface area contributed by atoms with Crippen LogP contribution in [0.1, 0.15) is 284 Å². The minimum absolute atomic E-state index is 0.0245. The lowest BCUT2D eigenvalue weighted by Gasteiger charge is -2.49. The summed E-state index contributed by atoms with van der Waals surface area (Å²) in [7, 11) is -5.70. The van der Waals surface area contributed by atoms with Crippen molar-refractivity contribution in [2.45, 2.75) is 388 Å². The molecule has 0 aromatic heterocycles. The lowest BCUT2D eigenvalue weighted by Crippen LogP contribution is -2.69. The van der Waals surface area contributed by atoms with E-state index >= 15 is 0 Å². The number of aliphatic hydroxyl groups excluding tert-OH is 10. The van der Waals surface area contributed by atoms with Crippen LogP contribution in [0.25, 0.3) is 0 Å². The van der Waals surface area contributed by atoms with Crippen molar-refractivity contribution in [3.8, 4) is 0 Å². The van der Waals surface area contributed by atoms with Gasteiger partial charge in [-0.15, -0.1) is 0 Å². The predicted molar refractivity (Wildman–Crippen MR) is 365 cm³/mol. The highest BCUT2D eigenvalue weighted by atomic mass is 31.2. The van der Waals surface area contributed by atoms with Crippen molar-refractivity contribution in [2.24, 2.45) is 0 Å². The Bertz CT molecular complexity index is 2110. The first-order valence-corrected chi connectivity index (χ1v) is 39.1. The molecular formula is C72H131O24P. The molecule has 0 aromatic rings. The minimum Gasteiger partial charge on any atom is -0.463 e. The van der Waals surface area contributed by atoms with Crippen LogP contribution in [0, 0.1) is 0 Å². The molecule has 18 atom stereocenters. The molecule has 0 radical (unpaired) electrons. The first-order valence-electron chi connectivity index (χ1n) is 37.6. The number of ether oxygens (including phenoxy) is 7.